The molecule has 6 rings (SSSR count). The van der Waals surface area contributed by atoms with Crippen LogP contribution >= 0.6 is 23.2 Å². The van der Waals surface area contributed by atoms with Crippen molar-refractivity contribution in [2.24, 2.45) is 0 Å². The Balaban J connectivity index is 1.14. The number of hydrogen-bond donors (Lipinski definition) is 4. The van der Waals surface area contributed by atoms with E-state index in [1.807, 2.05) is 18.2 Å². The third kappa shape index (κ3) is 7.08. The Morgan fingerprint density at radius 1 is 1.07 bits per heavy atom. The summed E-state index contributed by atoms with van der Waals surface area (Å²) >= 11 is 13.0. The molecule has 1 aromatic carbocycles. The maximum absolute atomic E-state index is 13.7. The van der Waals surface area contributed by atoms with Gasteiger partial charge in [0.1, 0.15) is 12.0 Å². The molecule has 246 valence electrons. The SMILES string of the molecule is C[C@H](C(O)N[C@H](CO)c1cc(N2CCN(C)CC2)ncc1Cl)N1Cc2ccc(-c3nc(NC4CCOCC4)ncc3Cl)cc2C1=O. The van der Waals surface area contributed by atoms with Gasteiger partial charge in [-0.3, -0.25) is 10.1 Å². The first-order chi connectivity index (χ1) is 22.2. The van der Waals surface area contributed by atoms with Crippen LogP contribution in [0, 0.1) is 0 Å². The number of amides is 1. The number of aromatic nitrogens is 3. The number of rotatable bonds is 10. The van der Waals surface area contributed by atoms with E-state index in [1.54, 1.807) is 30.3 Å². The number of piperazine rings is 1. The minimum atomic E-state index is -1.15. The van der Waals surface area contributed by atoms with Crippen molar-refractivity contribution < 1.29 is 19.7 Å². The number of nitrogens with zero attached hydrogens (tertiary/aromatic N) is 6. The minimum Gasteiger partial charge on any atom is -0.394 e. The number of anilines is 2. The van der Waals surface area contributed by atoms with Crippen molar-refractivity contribution in [3.8, 4) is 11.3 Å². The maximum Gasteiger partial charge on any atom is 0.254 e. The van der Waals surface area contributed by atoms with E-state index < -0.39 is 18.3 Å². The molecule has 0 saturated carbocycles. The molecule has 3 aromatic rings. The summed E-state index contributed by atoms with van der Waals surface area (Å²) in [6, 6.07) is 6.38. The van der Waals surface area contributed by atoms with Gasteiger partial charge in [-0.05, 0) is 50.1 Å². The molecule has 0 spiro atoms. The molecule has 0 aliphatic carbocycles. The van der Waals surface area contributed by atoms with E-state index in [4.69, 9.17) is 27.9 Å². The van der Waals surface area contributed by atoms with Gasteiger partial charge >= 0.3 is 0 Å². The molecule has 46 heavy (non-hydrogen) atoms. The van der Waals surface area contributed by atoms with Crippen LogP contribution < -0.4 is 15.5 Å². The van der Waals surface area contributed by atoms with Crippen molar-refractivity contribution in [1.82, 2.24) is 30.1 Å². The zero-order valence-corrected chi connectivity index (χ0v) is 27.5. The molecule has 0 radical (unpaired) electrons. The molecular weight excluding hydrogens is 631 g/mol. The smallest absolute Gasteiger partial charge is 0.254 e. The highest BCUT2D eigenvalue weighted by molar-refractivity contribution is 6.33. The molecule has 1 amide bonds. The first kappa shape index (κ1) is 32.8. The van der Waals surface area contributed by atoms with Crippen molar-refractivity contribution >= 4 is 40.9 Å². The number of hydrogen-bond acceptors (Lipinski definition) is 11. The maximum atomic E-state index is 13.7. The van der Waals surface area contributed by atoms with Gasteiger partial charge in [0.05, 0.1) is 40.6 Å². The Hall–Kier alpha value is -3.10. The molecule has 0 bridgehead atoms. The third-order valence-corrected chi connectivity index (χ3v) is 9.68. The number of ether oxygens (including phenoxy) is 1. The molecule has 5 heterocycles. The van der Waals surface area contributed by atoms with Crippen LogP contribution in [0.4, 0.5) is 11.8 Å². The molecule has 14 heteroatoms. The van der Waals surface area contributed by atoms with E-state index >= 15 is 0 Å². The monoisotopic (exact) mass is 670 g/mol. The zero-order valence-electron chi connectivity index (χ0n) is 26.0. The van der Waals surface area contributed by atoms with Crippen LogP contribution in [0.25, 0.3) is 11.3 Å². The highest BCUT2D eigenvalue weighted by atomic mass is 35.5. The summed E-state index contributed by atoms with van der Waals surface area (Å²) in [5.41, 5.74) is 3.23. The summed E-state index contributed by atoms with van der Waals surface area (Å²) in [6.45, 7) is 6.69. The predicted octanol–water partition coefficient (Wildman–Crippen LogP) is 3.17. The van der Waals surface area contributed by atoms with Crippen molar-refractivity contribution in [3.63, 3.8) is 0 Å². The number of aliphatic hydroxyl groups excluding tert-OH is 2. The quantitative estimate of drug-likeness (QED) is 0.237. The zero-order chi connectivity index (χ0) is 32.4. The van der Waals surface area contributed by atoms with Gasteiger partial charge in [-0.2, -0.15) is 0 Å². The third-order valence-electron chi connectivity index (χ3n) is 9.09. The lowest BCUT2D eigenvalue weighted by Gasteiger charge is -2.34. The van der Waals surface area contributed by atoms with Gasteiger partial charge in [0.2, 0.25) is 5.95 Å². The van der Waals surface area contributed by atoms with Crippen LogP contribution in [-0.2, 0) is 11.3 Å². The number of pyridine rings is 1. The van der Waals surface area contributed by atoms with Gasteiger partial charge in [-0.1, -0.05) is 35.3 Å². The van der Waals surface area contributed by atoms with Crippen LogP contribution in [0.5, 0.6) is 0 Å². The van der Waals surface area contributed by atoms with Crippen LogP contribution in [0.3, 0.4) is 0 Å². The van der Waals surface area contributed by atoms with Crippen LogP contribution in [-0.4, -0.2) is 112 Å². The summed E-state index contributed by atoms with van der Waals surface area (Å²) in [4.78, 5) is 33.3. The molecule has 3 aliphatic rings. The fourth-order valence-electron chi connectivity index (χ4n) is 6.14. The number of likely N-dealkylation sites (N-methyl/N-ethyl adjacent to an activating group) is 1. The largest absolute Gasteiger partial charge is 0.394 e. The minimum absolute atomic E-state index is 0.212. The second kappa shape index (κ2) is 14.3. The number of benzene rings is 1. The number of aliphatic hydroxyl groups is 2. The molecule has 4 N–H and O–H groups in total. The molecule has 3 atom stereocenters. The highest BCUT2D eigenvalue weighted by Crippen LogP contribution is 2.33. The molecule has 2 fully saturated rings. The Morgan fingerprint density at radius 2 is 1.80 bits per heavy atom. The summed E-state index contributed by atoms with van der Waals surface area (Å²) in [7, 11) is 2.09. The fourth-order valence-corrected chi connectivity index (χ4v) is 6.57. The normalized spacial score (nSPS) is 19.7. The van der Waals surface area contributed by atoms with Crippen LogP contribution in [0.15, 0.2) is 36.7 Å². The van der Waals surface area contributed by atoms with Gasteiger partial charge in [0.25, 0.3) is 5.91 Å². The van der Waals surface area contributed by atoms with Gasteiger partial charge in [-0.25, -0.2) is 15.0 Å². The van der Waals surface area contributed by atoms with E-state index in [1.165, 1.54) is 0 Å². The van der Waals surface area contributed by atoms with Crippen molar-refractivity contribution in [2.45, 2.75) is 50.7 Å². The van der Waals surface area contributed by atoms with E-state index in [9.17, 15) is 15.0 Å². The lowest BCUT2D eigenvalue weighted by Crippen LogP contribution is -2.50. The van der Waals surface area contributed by atoms with Crippen LogP contribution in [0.1, 0.15) is 47.3 Å². The second-order valence-electron chi connectivity index (χ2n) is 12.2. The molecule has 2 aromatic heterocycles. The first-order valence-corrected chi connectivity index (χ1v) is 16.4. The number of fused-ring (bicyclic) bond motifs is 1. The second-order valence-corrected chi connectivity index (χ2v) is 13.0. The summed E-state index contributed by atoms with van der Waals surface area (Å²) < 4.78 is 5.44. The van der Waals surface area contributed by atoms with Crippen molar-refractivity contribution in [2.75, 3.05) is 63.3 Å². The Morgan fingerprint density at radius 3 is 2.54 bits per heavy atom. The summed E-state index contributed by atoms with van der Waals surface area (Å²) in [6.07, 6.45) is 3.74. The molecule has 3 aliphatic heterocycles. The fraction of sp³-hybridized carbons (Fsp3) is 0.500. The van der Waals surface area contributed by atoms with Gasteiger partial charge in [-0.15, -0.1) is 0 Å². The Labute approximate surface area is 278 Å². The molecule has 12 nitrogen and oxygen atoms in total. The number of carbonyl (C=O) groups is 1. The van der Waals surface area contributed by atoms with Gasteiger partial charge < -0.3 is 35.0 Å². The lowest BCUT2D eigenvalue weighted by atomic mass is 10.0. The number of nitrogens with one attached hydrogen (secondary N) is 2. The average Bonchev–Trinajstić information content (AvgIpc) is 3.40. The molecule has 1 unspecified atom stereocenters. The lowest BCUT2D eigenvalue weighted by molar-refractivity contribution is 0.0196. The van der Waals surface area contributed by atoms with Gasteiger partial charge in [0, 0.05) is 69.3 Å². The van der Waals surface area contributed by atoms with E-state index in [0.717, 1.165) is 50.4 Å². The molecule has 2 saturated heterocycles. The van der Waals surface area contributed by atoms with Gasteiger partial charge in [0.15, 0.2) is 0 Å². The van der Waals surface area contributed by atoms with Crippen LogP contribution in [0.2, 0.25) is 10.0 Å². The standard InChI is InChI=1S/C32H40Cl2N8O4/c1-19(30(44)38-27(18-43)24-14-28(35-15-25(24)33)41-9-7-40(2)8-10-41)42-17-21-4-3-20(13-23(21)31(42)45)29-26(34)16-36-32(39-29)37-22-5-11-46-12-6-22/h3-4,13-16,19,22,27,30,38,43-44H,5-12,17-18H2,1-2H3,(H,36,37,39)/t19-,27-,30?/m1/s1. The van der Waals surface area contributed by atoms with E-state index in [2.05, 4.69) is 42.4 Å². The predicted molar refractivity (Wildman–Crippen MR) is 177 cm³/mol. The average molecular weight is 672 g/mol. The Kier molecular flexibility index (Phi) is 10.2. The van der Waals surface area contributed by atoms with Crippen molar-refractivity contribution in [1.29, 1.82) is 0 Å². The Bertz CT molecular complexity index is 1550. The summed E-state index contributed by atoms with van der Waals surface area (Å²) in [5.74, 6) is 1.04. The van der Waals surface area contributed by atoms with E-state index in [0.29, 0.717) is 58.1 Å². The summed E-state index contributed by atoms with van der Waals surface area (Å²) in [5, 5.41) is 28.8. The van der Waals surface area contributed by atoms with Crippen molar-refractivity contribution in [3.05, 3.63) is 63.4 Å². The number of halogens is 2. The number of carbonyl (C=O) groups excluding carboxylic acids is 1. The first-order valence-electron chi connectivity index (χ1n) is 15.7. The molecular formula is C32H40Cl2N8O4. The van der Waals surface area contributed by atoms with E-state index in [-0.39, 0.29) is 18.6 Å². The highest BCUT2D eigenvalue weighted by Gasteiger charge is 2.35. The topological polar surface area (TPSA) is 139 Å².